The van der Waals surface area contributed by atoms with Gasteiger partial charge in [0.25, 0.3) is 0 Å². The molecule has 16 heteroatoms. The Balaban J connectivity index is 0.000000646. The topological polar surface area (TPSA) is 100 Å². The van der Waals surface area contributed by atoms with Crippen molar-refractivity contribution in [3.8, 4) is 11.5 Å². The van der Waals surface area contributed by atoms with Gasteiger partial charge in [-0.15, -0.1) is 0 Å². The quantitative estimate of drug-likeness (QED) is 0.355. The molecule has 1 saturated heterocycles. The third-order valence-corrected chi connectivity index (χ3v) is 7.70. The van der Waals surface area contributed by atoms with Crippen LogP contribution in [0.2, 0.25) is 0 Å². The number of nitrogens with one attached hydrogen (secondary N) is 2. The molecule has 2 amide bonds. The van der Waals surface area contributed by atoms with Gasteiger partial charge in [0.15, 0.2) is 23.1 Å². The predicted octanol–water partition coefficient (Wildman–Crippen LogP) is 5.95. The fourth-order valence-corrected chi connectivity index (χ4v) is 5.60. The zero-order valence-electron chi connectivity index (χ0n) is 23.1. The zero-order chi connectivity index (χ0) is 32.3. The lowest BCUT2D eigenvalue weighted by Gasteiger charge is -2.45. The number of hydrogen-bond acceptors (Lipinski definition) is 5. The molecule has 2 aliphatic rings. The second-order valence-electron chi connectivity index (χ2n) is 10.1. The van der Waals surface area contributed by atoms with E-state index in [2.05, 4.69) is 15.5 Å². The highest BCUT2D eigenvalue weighted by molar-refractivity contribution is 5.89. The van der Waals surface area contributed by atoms with Crippen LogP contribution in [-0.2, 0) is 16.4 Å². The van der Waals surface area contributed by atoms with Crippen molar-refractivity contribution in [2.24, 2.45) is 0 Å². The van der Waals surface area contributed by atoms with Crippen molar-refractivity contribution in [3.05, 3.63) is 53.1 Å². The number of rotatable bonds is 5. The standard InChI is InChI=1S/C25H28F5N3O3.C2HF3O2/c1-33-11-10-24(14-4-7-18(35-2)19(12-14)36-3)9-8-15(13-20(24)33)31-23(34)32-17-6-5-16(25(28,29)30)21(26)22(17)27;3-2(4,5)1(6)7/h4-7,12,15,20H,8-11,13H2,1-3H3,(H2,31,32,34);(H,6,7)/t15-,20+,24+;/m1./s1. The molecule has 0 radical (unpaired) electrons. The van der Waals surface area contributed by atoms with Gasteiger partial charge in [-0.1, -0.05) is 6.07 Å². The Kier molecular flexibility index (Phi) is 10.0. The van der Waals surface area contributed by atoms with Crippen LogP contribution in [-0.4, -0.2) is 68.1 Å². The van der Waals surface area contributed by atoms with Gasteiger partial charge >= 0.3 is 24.4 Å². The second kappa shape index (κ2) is 12.8. The van der Waals surface area contributed by atoms with Gasteiger partial charge in [0.05, 0.1) is 25.5 Å². The highest BCUT2D eigenvalue weighted by Crippen LogP contribution is 2.50. The number of likely N-dealkylation sites (N-methyl/N-ethyl adjacent to an activating group) is 1. The molecular formula is C27H29F8N3O5. The smallest absolute Gasteiger partial charge is 0.490 e. The van der Waals surface area contributed by atoms with Crippen LogP contribution >= 0.6 is 0 Å². The summed E-state index contributed by atoms with van der Waals surface area (Å²) < 4.78 is 109. The number of carbonyl (C=O) groups is 2. The average Bonchev–Trinajstić information content (AvgIpc) is 3.26. The number of carboxylic acids is 1. The number of anilines is 1. The third-order valence-electron chi connectivity index (χ3n) is 7.70. The van der Waals surface area contributed by atoms with Crippen LogP contribution < -0.4 is 20.1 Å². The van der Waals surface area contributed by atoms with Gasteiger partial charge in [-0.2, -0.15) is 26.3 Å². The molecule has 8 nitrogen and oxygen atoms in total. The second-order valence-corrected chi connectivity index (χ2v) is 10.1. The number of methoxy groups -OCH3 is 2. The Labute approximate surface area is 240 Å². The Hall–Kier alpha value is -3.82. The number of likely N-dealkylation sites (tertiary alicyclic amines) is 1. The molecule has 43 heavy (non-hydrogen) atoms. The number of benzene rings is 2. The van der Waals surface area contributed by atoms with Gasteiger partial charge in [0.2, 0.25) is 0 Å². The maximum absolute atomic E-state index is 14.2. The highest BCUT2D eigenvalue weighted by atomic mass is 19.4. The molecule has 238 valence electrons. The van der Waals surface area contributed by atoms with Crippen molar-refractivity contribution in [1.82, 2.24) is 10.2 Å². The molecule has 1 aliphatic heterocycles. The monoisotopic (exact) mass is 627 g/mol. The summed E-state index contributed by atoms with van der Waals surface area (Å²) in [6, 6.07) is 6.06. The first-order valence-corrected chi connectivity index (χ1v) is 12.8. The summed E-state index contributed by atoms with van der Waals surface area (Å²) in [5.41, 5.74) is -1.41. The molecule has 2 aromatic carbocycles. The maximum atomic E-state index is 14.2. The van der Waals surface area contributed by atoms with Gasteiger partial charge in [-0.25, -0.2) is 18.4 Å². The van der Waals surface area contributed by atoms with E-state index in [9.17, 15) is 39.9 Å². The number of aliphatic carboxylic acids is 1. The Morgan fingerprint density at radius 1 is 0.977 bits per heavy atom. The molecule has 1 aliphatic carbocycles. The van der Waals surface area contributed by atoms with Crippen molar-refractivity contribution >= 4 is 17.7 Å². The van der Waals surface area contributed by atoms with Crippen LogP contribution in [0, 0.1) is 11.6 Å². The number of halogens is 8. The molecule has 0 aromatic heterocycles. The number of ether oxygens (including phenoxy) is 2. The summed E-state index contributed by atoms with van der Waals surface area (Å²) in [4.78, 5) is 23.7. The molecule has 4 rings (SSSR count). The van der Waals surface area contributed by atoms with Crippen LogP contribution in [0.25, 0.3) is 0 Å². The van der Waals surface area contributed by atoms with Gasteiger partial charge in [0.1, 0.15) is 0 Å². The van der Waals surface area contributed by atoms with Crippen LogP contribution in [0.5, 0.6) is 11.5 Å². The number of nitrogens with zero attached hydrogens (tertiary/aromatic N) is 1. The summed E-state index contributed by atoms with van der Waals surface area (Å²) in [5.74, 6) is -5.29. The van der Waals surface area contributed by atoms with E-state index in [1.807, 2.05) is 25.2 Å². The average molecular weight is 628 g/mol. The van der Waals surface area contributed by atoms with E-state index in [-0.39, 0.29) is 17.5 Å². The number of hydrogen-bond donors (Lipinski definition) is 3. The molecule has 3 N–H and O–H groups in total. The molecule has 0 spiro atoms. The fraction of sp³-hybridized carbons (Fsp3) is 0.481. The van der Waals surface area contributed by atoms with Crippen molar-refractivity contribution < 1.29 is 59.3 Å². The Morgan fingerprint density at radius 2 is 1.60 bits per heavy atom. The predicted molar refractivity (Wildman–Crippen MR) is 137 cm³/mol. The number of alkyl halides is 6. The van der Waals surface area contributed by atoms with Crippen LogP contribution in [0.3, 0.4) is 0 Å². The van der Waals surface area contributed by atoms with Crippen molar-refractivity contribution in [3.63, 3.8) is 0 Å². The molecule has 1 heterocycles. The highest BCUT2D eigenvalue weighted by Gasteiger charge is 2.50. The van der Waals surface area contributed by atoms with E-state index >= 15 is 0 Å². The molecule has 0 bridgehead atoms. The summed E-state index contributed by atoms with van der Waals surface area (Å²) in [5, 5.41) is 12.0. The first-order valence-electron chi connectivity index (χ1n) is 12.8. The van der Waals surface area contributed by atoms with Crippen LogP contribution in [0.1, 0.15) is 36.8 Å². The molecule has 1 saturated carbocycles. The van der Waals surface area contributed by atoms with Gasteiger partial charge in [0, 0.05) is 17.5 Å². The van der Waals surface area contributed by atoms with E-state index in [1.54, 1.807) is 14.2 Å². The van der Waals surface area contributed by atoms with E-state index in [0.29, 0.717) is 36.5 Å². The summed E-state index contributed by atoms with van der Waals surface area (Å²) in [6.45, 7) is 0.869. The molecule has 2 fully saturated rings. The van der Waals surface area contributed by atoms with Crippen molar-refractivity contribution in [1.29, 1.82) is 0 Å². The lowest BCUT2D eigenvalue weighted by molar-refractivity contribution is -0.192. The van der Waals surface area contributed by atoms with Crippen LogP contribution in [0.15, 0.2) is 30.3 Å². The van der Waals surface area contributed by atoms with E-state index < -0.39 is 47.2 Å². The molecule has 0 unspecified atom stereocenters. The van der Waals surface area contributed by atoms with Gasteiger partial charge in [-0.05, 0) is 69.1 Å². The minimum atomic E-state index is -5.08. The number of fused-ring (bicyclic) bond motifs is 1. The third kappa shape index (κ3) is 7.40. The molecule has 3 atom stereocenters. The van der Waals surface area contributed by atoms with E-state index in [1.165, 1.54) is 0 Å². The fourth-order valence-electron chi connectivity index (χ4n) is 5.60. The maximum Gasteiger partial charge on any atom is 0.490 e. The van der Waals surface area contributed by atoms with Crippen LogP contribution in [0.4, 0.5) is 45.6 Å². The largest absolute Gasteiger partial charge is 0.493 e. The van der Waals surface area contributed by atoms with E-state index in [4.69, 9.17) is 19.4 Å². The number of urea groups is 1. The van der Waals surface area contributed by atoms with Crippen molar-refractivity contribution in [2.45, 2.75) is 55.5 Å². The minimum absolute atomic E-state index is 0.106. The summed E-state index contributed by atoms with van der Waals surface area (Å²) >= 11 is 0. The first kappa shape index (κ1) is 33.7. The SMILES string of the molecule is COc1ccc([C@@]23CC[C@@H](NC(=O)Nc4ccc(C(F)(F)F)c(F)c4F)C[C@@H]2N(C)CC3)cc1OC.O=C(O)C(F)(F)F. The minimum Gasteiger partial charge on any atom is -0.493 e. The number of carboxylic acid groups (broad SMARTS) is 1. The van der Waals surface area contributed by atoms with Gasteiger partial charge < -0.3 is 30.1 Å². The Morgan fingerprint density at radius 3 is 2.16 bits per heavy atom. The van der Waals surface area contributed by atoms with Crippen molar-refractivity contribution in [2.75, 3.05) is 33.1 Å². The molecular weight excluding hydrogens is 598 g/mol. The lowest BCUT2D eigenvalue weighted by Crippen LogP contribution is -2.52. The zero-order valence-corrected chi connectivity index (χ0v) is 23.1. The lowest BCUT2D eigenvalue weighted by atomic mass is 9.65. The molecule has 2 aromatic rings. The van der Waals surface area contributed by atoms with E-state index in [0.717, 1.165) is 24.9 Å². The van der Waals surface area contributed by atoms with Gasteiger partial charge in [-0.3, -0.25) is 0 Å². The Bertz CT molecular complexity index is 1340. The normalized spacial score (nSPS) is 22.1. The number of carbonyl (C=O) groups excluding carboxylic acids is 1. The first-order chi connectivity index (χ1) is 19.9. The summed E-state index contributed by atoms with van der Waals surface area (Å²) in [7, 11) is 5.19. The number of amides is 2. The summed E-state index contributed by atoms with van der Waals surface area (Å²) in [6.07, 6.45) is -7.18.